The van der Waals surface area contributed by atoms with Crippen LogP contribution in [0.2, 0.25) is 0 Å². The molecule has 110 valence electrons. The Kier molecular flexibility index (Phi) is 4.37. The Morgan fingerprint density at radius 2 is 1.67 bits per heavy atom. The van der Waals surface area contributed by atoms with E-state index in [-0.39, 0.29) is 6.10 Å². The van der Waals surface area contributed by atoms with E-state index in [0.717, 1.165) is 19.3 Å². The van der Waals surface area contributed by atoms with E-state index in [2.05, 4.69) is 60.8 Å². The average Bonchev–Trinajstić information content (AvgIpc) is 2.53. The van der Waals surface area contributed by atoms with E-state index >= 15 is 0 Å². The first kappa shape index (κ1) is 14.3. The topological polar surface area (TPSA) is 32.3 Å². The molecule has 2 aromatic carbocycles. The van der Waals surface area contributed by atoms with Crippen molar-refractivity contribution in [1.82, 2.24) is 5.32 Å². The summed E-state index contributed by atoms with van der Waals surface area (Å²) in [5, 5.41) is 13.1. The highest BCUT2D eigenvalue weighted by Crippen LogP contribution is 2.22. The van der Waals surface area contributed by atoms with Crippen LogP contribution in [0.25, 0.3) is 11.1 Å². The van der Waals surface area contributed by atoms with Gasteiger partial charge in [-0.1, -0.05) is 54.6 Å². The van der Waals surface area contributed by atoms with Crippen LogP contribution in [-0.4, -0.2) is 23.3 Å². The maximum atomic E-state index is 9.62. The monoisotopic (exact) mass is 281 g/mol. The molecule has 2 heteroatoms. The minimum Gasteiger partial charge on any atom is -0.392 e. The maximum Gasteiger partial charge on any atom is 0.0693 e. The van der Waals surface area contributed by atoms with Crippen molar-refractivity contribution in [2.24, 2.45) is 0 Å². The van der Waals surface area contributed by atoms with Crippen molar-refractivity contribution < 1.29 is 5.11 Å². The van der Waals surface area contributed by atoms with Crippen LogP contribution in [0.4, 0.5) is 0 Å². The molecule has 2 N–H and O–H groups in total. The van der Waals surface area contributed by atoms with Gasteiger partial charge >= 0.3 is 0 Å². The first-order valence-corrected chi connectivity index (χ1v) is 7.81. The molecule has 3 rings (SSSR count). The summed E-state index contributed by atoms with van der Waals surface area (Å²) < 4.78 is 0. The molecule has 0 amide bonds. The Morgan fingerprint density at radius 3 is 2.24 bits per heavy atom. The molecule has 1 aliphatic carbocycles. The number of aliphatic hydroxyl groups is 1. The van der Waals surface area contributed by atoms with Gasteiger partial charge < -0.3 is 10.4 Å². The van der Waals surface area contributed by atoms with Gasteiger partial charge in [0.05, 0.1) is 6.10 Å². The second-order valence-corrected chi connectivity index (χ2v) is 6.09. The van der Waals surface area contributed by atoms with E-state index in [1.54, 1.807) is 0 Å². The second kappa shape index (κ2) is 6.42. The fourth-order valence-corrected chi connectivity index (χ4v) is 2.92. The van der Waals surface area contributed by atoms with Gasteiger partial charge in [-0.25, -0.2) is 0 Å². The van der Waals surface area contributed by atoms with Gasteiger partial charge in [0.2, 0.25) is 0 Å². The van der Waals surface area contributed by atoms with Crippen molar-refractivity contribution in [3.05, 3.63) is 60.2 Å². The van der Waals surface area contributed by atoms with Crippen molar-refractivity contribution in [2.75, 3.05) is 0 Å². The summed E-state index contributed by atoms with van der Waals surface area (Å²) in [5.41, 5.74) is 3.85. The molecule has 0 aliphatic heterocycles. The summed E-state index contributed by atoms with van der Waals surface area (Å²) in [6, 6.07) is 19.9. The number of hydrogen-bond donors (Lipinski definition) is 2. The van der Waals surface area contributed by atoms with E-state index < -0.39 is 0 Å². The highest BCUT2D eigenvalue weighted by Gasteiger charge is 2.29. The summed E-state index contributed by atoms with van der Waals surface area (Å²) in [6.45, 7) is 2.19. The first-order chi connectivity index (χ1) is 10.2. The maximum absolute atomic E-state index is 9.62. The van der Waals surface area contributed by atoms with Crippen LogP contribution in [0.1, 0.15) is 25.3 Å². The Morgan fingerprint density at radius 1 is 1.00 bits per heavy atom. The lowest BCUT2D eigenvalue weighted by molar-refractivity contribution is 0.0450. The Hall–Kier alpha value is -1.64. The third-order valence-corrected chi connectivity index (χ3v) is 4.34. The normalized spacial score (nSPS) is 22.6. The largest absolute Gasteiger partial charge is 0.392 e. The standard InChI is InChI=1S/C19H23NO/c1-14(20-18-11-12-19(18)21)13-15-7-9-17(10-8-15)16-5-3-2-4-6-16/h2-10,14,18-21H,11-13H2,1H3/t14?,18-,19-/m1/s1. The summed E-state index contributed by atoms with van der Waals surface area (Å²) in [7, 11) is 0. The molecular weight excluding hydrogens is 258 g/mol. The van der Waals surface area contributed by atoms with Gasteiger partial charge in [-0.05, 0) is 42.9 Å². The van der Waals surface area contributed by atoms with Crippen molar-refractivity contribution in [2.45, 2.75) is 44.4 Å². The number of nitrogens with one attached hydrogen (secondary N) is 1. The SMILES string of the molecule is CC(Cc1ccc(-c2ccccc2)cc1)N[C@@H]1CC[C@H]1O. The van der Waals surface area contributed by atoms with Crippen molar-refractivity contribution in [3.8, 4) is 11.1 Å². The van der Waals surface area contributed by atoms with Crippen LogP contribution in [-0.2, 0) is 6.42 Å². The molecule has 1 fully saturated rings. The van der Waals surface area contributed by atoms with Gasteiger partial charge in [0.15, 0.2) is 0 Å². The molecule has 3 atom stereocenters. The van der Waals surface area contributed by atoms with Gasteiger partial charge in [0.25, 0.3) is 0 Å². The van der Waals surface area contributed by atoms with Gasteiger partial charge in [0, 0.05) is 12.1 Å². The molecule has 1 saturated carbocycles. The summed E-state index contributed by atoms with van der Waals surface area (Å²) >= 11 is 0. The fourth-order valence-electron chi connectivity index (χ4n) is 2.92. The smallest absolute Gasteiger partial charge is 0.0693 e. The molecule has 0 saturated heterocycles. The van der Waals surface area contributed by atoms with Crippen LogP contribution < -0.4 is 5.32 Å². The van der Waals surface area contributed by atoms with Crippen LogP contribution in [0.15, 0.2) is 54.6 Å². The molecule has 0 heterocycles. The van der Waals surface area contributed by atoms with Crippen molar-refractivity contribution in [1.29, 1.82) is 0 Å². The Bertz CT molecular complexity index is 564. The highest BCUT2D eigenvalue weighted by atomic mass is 16.3. The van der Waals surface area contributed by atoms with E-state index in [4.69, 9.17) is 0 Å². The van der Waals surface area contributed by atoms with Crippen LogP contribution in [0.5, 0.6) is 0 Å². The second-order valence-electron chi connectivity index (χ2n) is 6.09. The predicted octanol–water partition coefficient (Wildman–Crippen LogP) is 3.40. The summed E-state index contributed by atoms with van der Waals surface area (Å²) in [5.74, 6) is 0. The van der Waals surface area contributed by atoms with Gasteiger partial charge in [-0.2, -0.15) is 0 Å². The first-order valence-electron chi connectivity index (χ1n) is 7.81. The third kappa shape index (κ3) is 3.52. The predicted molar refractivity (Wildman–Crippen MR) is 87.2 cm³/mol. The lowest BCUT2D eigenvalue weighted by Gasteiger charge is -2.35. The molecule has 0 aromatic heterocycles. The molecule has 1 aliphatic rings. The molecule has 0 radical (unpaired) electrons. The van der Waals surface area contributed by atoms with Gasteiger partial charge in [-0.15, -0.1) is 0 Å². The van der Waals surface area contributed by atoms with Crippen molar-refractivity contribution >= 4 is 0 Å². The van der Waals surface area contributed by atoms with Gasteiger partial charge in [-0.3, -0.25) is 0 Å². The van der Waals surface area contributed by atoms with Crippen LogP contribution in [0.3, 0.4) is 0 Å². The third-order valence-electron chi connectivity index (χ3n) is 4.34. The molecule has 2 nitrogen and oxygen atoms in total. The number of hydrogen-bond acceptors (Lipinski definition) is 2. The molecule has 1 unspecified atom stereocenters. The zero-order valence-electron chi connectivity index (χ0n) is 12.5. The lowest BCUT2D eigenvalue weighted by Crippen LogP contribution is -2.51. The minimum atomic E-state index is -0.145. The number of benzene rings is 2. The van der Waals surface area contributed by atoms with Gasteiger partial charge in [0.1, 0.15) is 0 Å². The summed E-state index contributed by atoms with van der Waals surface area (Å²) in [4.78, 5) is 0. The van der Waals surface area contributed by atoms with Crippen LogP contribution >= 0.6 is 0 Å². The summed E-state index contributed by atoms with van der Waals surface area (Å²) in [6.07, 6.45) is 2.89. The zero-order valence-corrected chi connectivity index (χ0v) is 12.5. The fraction of sp³-hybridized carbons (Fsp3) is 0.368. The van der Waals surface area contributed by atoms with E-state index in [1.165, 1.54) is 16.7 Å². The minimum absolute atomic E-state index is 0.145. The van der Waals surface area contributed by atoms with E-state index in [9.17, 15) is 5.11 Å². The number of aliphatic hydroxyl groups excluding tert-OH is 1. The molecule has 21 heavy (non-hydrogen) atoms. The van der Waals surface area contributed by atoms with E-state index in [0.29, 0.717) is 12.1 Å². The molecule has 0 spiro atoms. The highest BCUT2D eigenvalue weighted by molar-refractivity contribution is 5.63. The molecule has 0 bridgehead atoms. The van der Waals surface area contributed by atoms with Crippen molar-refractivity contribution in [3.63, 3.8) is 0 Å². The van der Waals surface area contributed by atoms with E-state index in [1.807, 2.05) is 6.07 Å². The molecular formula is C19H23NO. The quantitative estimate of drug-likeness (QED) is 0.880. The Balaban J connectivity index is 1.59. The molecule has 2 aromatic rings. The number of rotatable bonds is 5. The van der Waals surface area contributed by atoms with Crippen LogP contribution in [0, 0.1) is 0 Å². The zero-order chi connectivity index (χ0) is 14.7. The average molecular weight is 281 g/mol. The lowest BCUT2D eigenvalue weighted by atomic mass is 9.88. The Labute approximate surface area is 126 Å².